The summed E-state index contributed by atoms with van der Waals surface area (Å²) in [7, 11) is 0. The van der Waals surface area contributed by atoms with Gasteiger partial charge in [0.25, 0.3) is 0 Å². The van der Waals surface area contributed by atoms with Crippen molar-refractivity contribution in [2.24, 2.45) is 0 Å². The summed E-state index contributed by atoms with van der Waals surface area (Å²) < 4.78 is 0. The first kappa shape index (κ1) is 10.4. The maximum atomic E-state index is 10.8. The van der Waals surface area contributed by atoms with Crippen LogP contribution in [0.1, 0.15) is 21.7 Å². The van der Waals surface area contributed by atoms with E-state index in [0.29, 0.717) is 11.5 Å². The number of rotatable bonds is 2. The molecule has 1 aromatic heterocycles. The predicted molar refractivity (Wildman–Crippen MR) is 60.5 cm³/mol. The number of nitrogens with one attached hydrogen (secondary N) is 1. The van der Waals surface area contributed by atoms with Gasteiger partial charge in [0.15, 0.2) is 5.69 Å². The molecule has 4 heteroatoms. The predicted octanol–water partition coefficient (Wildman–Crippen LogP) is 2.39. The van der Waals surface area contributed by atoms with Gasteiger partial charge in [-0.1, -0.05) is 29.8 Å². The molecule has 0 bridgehead atoms. The minimum Gasteiger partial charge on any atom is -0.476 e. The van der Waals surface area contributed by atoms with Crippen molar-refractivity contribution in [2.45, 2.75) is 13.8 Å². The van der Waals surface area contributed by atoms with E-state index in [0.717, 1.165) is 11.1 Å². The summed E-state index contributed by atoms with van der Waals surface area (Å²) in [6.45, 7) is 3.70. The van der Waals surface area contributed by atoms with Gasteiger partial charge in [-0.05, 0) is 13.8 Å². The Labute approximate surface area is 93.0 Å². The van der Waals surface area contributed by atoms with Crippen LogP contribution in [0.25, 0.3) is 11.4 Å². The number of hydrogen-bond donors (Lipinski definition) is 2. The van der Waals surface area contributed by atoms with Crippen LogP contribution in [0.2, 0.25) is 0 Å². The van der Waals surface area contributed by atoms with Gasteiger partial charge in [0.2, 0.25) is 0 Å². The molecule has 1 aromatic carbocycles. The van der Waals surface area contributed by atoms with Gasteiger partial charge in [-0.2, -0.15) is 0 Å². The van der Waals surface area contributed by atoms with Crippen LogP contribution in [-0.4, -0.2) is 21.0 Å². The zero-order valence-corrected chi connectivity index (χ0v) is 9.11. The second kappa shape index (κ2) is 3.81. The molecule has 0 aliphatic carbocycles. The molecule has 1 heterocycles. The molecule has 0 saturated carbocycles. The van der Waals surface area contributed by atoms with Gasteiger partial charge in [0.1, 0.15) is 5.82 Å². The molecule has 4 nitrogen and oxygen atoms in total. The van der Waals surface area contributed by atoms with E-state index in [9.17, 15) is 4.79 Å². The molecule has 2 aromatic rings. The first-order valence-corrected chi connectivity index (χ1v) is 4.95. The number of aromatic amines is 1. The second-order valence-electron chi connectivity index (χ2n) is 3.73. The van der Waals surface area contributed by atoms with Gasteiger partial charge < -0.3 is 10.1 Å². The van der Waals surface area contributed by atoms with Crippen molar-refractivity contribution in [1.29, 1.82) is 0 Å². The van der Waals surface area contributed by atoms with Crippen molar-refractivity contribution in [3.8, 4) is 11.4 Å². The topological polar surface area (TPSA) is 66.0 Å². The SMILES string of the molecule is Cc1ccc(-c2nc(C(=O)O)c(C)[nH]2)cc1. The lowest BCUT2D eigenvalue weighted by Crippen LogP contribution is -1.98. The maximum absolute atomic E-state index is 10.8. The summed E-state index contributed by atoms with van der Waals surface area (Å²) >= 11 is 0. The highest BCUT2D eigenvalue weighted by Gasteiger charge is 2.13. The van der Waals surface area contributed by atoms with E-state index in [1.54, 1.807) is 6.92 Å². The van der Waals surface area contributed by atoms with Crippen molar-refractivity contribution < 1.29 is 9.90 Å². The molecule has 2 N–H and O–H groups in total. The number of imidazole rings is 1. The molecule has 0 saturated heterocycles. The molecule has 0 aliphatic rings. The van der Waals surface area contributed by atoms with Gasteiger partial charge in [0.05, 0.1) is 0 Å². The number of benzene rings is 1. The Morgan fingerprint density at radius 1 is 1.25 bits per heavy atom. The van der Waals surface area contributed by atoms with E-state index in [2.05, 4.69) is 9.97 Å². The summed E-state index contributed by atoms with van der Waals surface area (Å²) in [4.78, 5) is 17.9. The molecule has 0 amide bonds. The van der Waals surface area contributed by atoms with E-state index >= 15 is 0 Å². The van der Waals surface area contributed by atoms with Crippen molar-refractivity contribution >= 4 is 5.97 Å². The fraction of sp³-hybridized carbons (Fsp3) is 0.167. The summed E-state index contributed by atoms with van der Waals surface area (Å²) in [6.07, 6.45) is 0. The lowest BCUT2D eigenvalue weighted by Gasteiger charge is -1.96. The van der Waals surface area contributed by atoms with Gasteiger partial charge in [-0.3, -0.25) is 0 Å². The van der Waals surface area contributed by atoms with Crippen molar-refractivity contribution in [2.75, 3.05) is 0 Å². The summed E-state index contributed by atoms with van der Waals surface area (Å²) in [5.41, 5.74) is 2.70. The standard InChI is InChI=1S/C12H12N2O2/c1-7-3-5-9(6-4-7)11-13-8(2)10(14-11)12(15)16/h3-6H,1-2H3,(H,13,14)(H,15,16). The summed E-state index contributed by atoms with van der Waals surface area (Å²) in [5.74, 6) is -0.415. The quantitative estimate of drug-likeness (QED) is 0.810. The number of hydrogen-bond acceptors (Lipinski definition) is 2. The third kappa shape index (κ3) is 1.82. The third-order valence-electron chi connectivity index (χ3n) is 2.41. The third-order valence-corrected chi connectivity index (χ3v) is 2.41. The molecule has 0 atom stereocenters. The Bertz CT molecular complexity index is 526. The van der Waals surface area contributed by atoms with Gasteiger partial charge in [-0.25, -0.2) is 9.78 Å². The Kier molecular flexibility index (Phi) is 2.48. The van der Waals surface area contributed by atoms with Gasteiger partial charge >= 0.3 is 5.97 Å². The molecule has 0 fully saturated rings. The average molecular weight is 216 g/mol. The number of aromatic nitrogens is 2. The monoisotopic (exact) mass is 216 g/mol. The molecule has 16 heavy (non-hydrogen) atoms. The minimum absolute atomic E-state index is 0.0792. The van der Waals surface area contributed by atoms with Crippen LogP contribution in [0, 0.1) is 13.8 Å². The van der Waals surface area contributed by atoms with E-state index in [1.807, 2.05) is 31.2 Å². The normalized spacial score (nSPS) is 10.4. The molecule has 0 spiro atoms. The second-order valence-corrected chi connectivity index (χ2v) is 3.73. The fourth-order valence-electron chi connectivity index (χ4n) is 1.52. The number of carboxylic acid groups (broad SMARTS) is 1. The Hall–Kier alpha value is -2.10. The molecular weight excluding hydrogens is 204 g/mol. The summed E-state index contributed by atoms with van der Waals surface area (Å²) in [5, 5.41) is 8.89. The van der Waals surface area contributed by atoms with Crippen LogP contribution in [0.15, 0.2) is 24.3 Å². The minimum atomic E-state index is -1.01. The zero-order valence-electron chi connectivity index (χ0n) is 9.11. The largest absolute Gasteiger partial charge is 0.476 e. The van der Waals surface area contributed by atoms with Crippen LogP contribution in [0.3, 0.4) is 0 Å². The number of carboxylic acids is 1. The summed E-state index contributed by atoms with van der Waals surface area (Å²) in [6, 6.07) is 7.76. The Morgan fingerprint density at radius 3 is 2.38 bits per heavy atom. The number of aromatic carboxylic acids is 1. The lowest BCUT2D eigenvalue weighted by molar-refractivity contribution is 0.0690. The lowest BCUT2D eigenvalue weighted by atomic mass is 10.1. The first-order valence-electron chi connectivity index (χ1n) is 4.95. The van der Waals surface area contributed by atoms with Gasteiger partial charge in [-0.15, -0.1) is 0 Å². The van der Waals surface area contributed by atoms with Crippen molar-refractivity contribution in [3.63, 3.8) is 0 Å². The number of nitrogens with zero attached hydrogens (tertiary/aromatic N) is 1. The Morgan fingerprint density at radius 2 is 1.88 bits per heavy atom. The van der Waals surface area contributed by atoms with Crippen molar-refractivity contribution in [3.05, 3.63) is 41.2 Å². The highest BCUT2D eigenvalue weighted by molar-refractivity contribution is 5.87. The van der Waals surface area contributed by atoms with Crippen molar-refractivity contribution in [1.82, 2.24) is 9.97 Å². The number of carbonyl (C=O) groups is 1. The highest BCUT2D eigenvalue weighted by atomic mass is 16.4. The maximum Gasteiger partial charge on any atom is 0.356 e. The molecule has 82 valence electrons. The van der Waals surface area contributed by atoms with Crippen LogP contribution in [0.5, 0.6) is 0 Å². The molecule has 0 radical (unpaired) electrons. The van der Waals surface area contributed by atoms with E-state index < -0.39 is 5.97 Å². The van der Waals surface area contributed by atoms with E-state index in [4.69, 9.17) is 5.11 Å². The smallest absolute Gasteiger partial charge is 0.356 e. The average Bonchev–Trinajstić information content (AvgIpc) is 2.61. The van der Waals surface area contributed by atoms with Crippen LogP contribution in [0.4, 0.5) is 0 Å². The van der Waals surface area contributed by atoms with Gasteiger partial charge in [0, 0.05) is 11.3 Å². The number of H-pyrrole nitrogens is 1. The molecule has 0 aliphatic heterocycles. The molecule has 0 unspecified atom stereocenters. The Balaban J connectivity index is 2.45. The highest BCUT2D eigenvalue weighted by Crippen LogP contribution is 2.18. The first-order chi connectivity index (χ1) is 7.58. The zero-order chi connectivity index (χ0) is 11.7. The van der Waals surface area contributed by atoms with Crippen LogP contribution in [-0.2, 0) is 0 Å². The van der Waals surface area contributed by atoms with Crippen LogP contribution >= 0.6 is 0 Å². The fourth-order valence-corrected chi connectivity index (χ4v) is 1.52. The molecular formula is C12H12N2O2. The number of aryl methyl sites for hydroxylation is 2. The van der Waals surface area contributed by atoms with Crippen LogP contribution < -0.4 is 0 Å². The van der Waals surface area contributed by atoms with E-state index in [1.165, 1.54) is 0 Å². The van der Waals surface area contributed by atoms with E-state index in [-0.39, 0.29) is 5.69 Å². The molecule has 2 rings (SSSR count).